The SMILES string of the molecule is COc1cc(NC(C)=O)c(Cl)cc1C(=O)NC(CO)CO. The number of anilines is 1. The van der Waals surface area contributed by atoms with Crippen LogP contribution in [0.2, 0.25) is 5.02 Å². The van der Waals surface area contributed by atoms with E-state index >= 15 is 0 Å². The van der Waals surface area contributed by atoms with E-state index in [0.717, 1.165) is 0 Å². The number of hydrogen-bond donors (Lipinski definition) is 4. The van der Waals surface area contributed by atoms with Gasteiger partial charge in [-0.3, -0.25) is 9.59 Å². The van der Waals surface area contributed by atoms with E-state index < -0.39 is 25.2 Å². The van der Waals surface area contributed by atoms with Crippen LogP contribution in [0.1, 0.15) is 17.3 Å². The second-order valence-corrected chi connectivity index (χ2v) is 4.66. The number of nitrogens with one attached hydrogen (secondary N) is 2. The number of benzene rings is 1. The van der Waals surface area contributed by atoms with E-state index in [1.54, 1.807) is 0 Å². The number of aliphatic hydroxyl groups is 2. The highest BCUT2D eigenvalue weighted by molar-refractivity contribution is 6.34. The fourth-order valence-electron chi connectivity index (χ4n) is 1.60. The maximum absolute atomic E-state index is 12.1. The number of carbonyl (C=O) groups is 2. The number of amides is 2. The Morgan fingerprint density at radius 3 is 2.43 bits per heavy atom. The summed E-state index contributed by atoms with van der Waals surface area (Å²) < 4.78 is 5.10. The Balaban J connectivity index is 3.09. The summed E-state index contributed by atoms with van der Waals surface area (Å²) in [6, 6.07) is 1.98. The van der Waals surface area contributed by atoms with Crippen LogP contribution in [-0.2, 0) is 4.79 Å². The molecule has 1 rings (SSSR count). The molecule has 21 heavy (non-hydrogen) atoms. The van der Waals surface area contributed by atoms with Gasteiger partial charge in [-0.2, -0.15) is 0 Å². The van der Waals surface area contributed by atoms with Gasteiger partial charge in [-0.25, -0.2) is 0 Å². The van der Waals surface area contributed by atoms with Gasteiger partial charge in [-0.15, -0.1) is 0 Å². The third kappa shape index (κ3) is 4.59. The Morgan fingerprint density at radius 1 is 1.33 bits per heavy atom. The Bertz CT molecular complexity index is 532. The summed E-state index contributed by atoms with van der Waals surface area (Å²) in [5, 5.41) is 23.0. The predicted octanol–water partition coefficient (Wildman–Crippen LogP) is 0.390. The normalized spacial score (nSPS) is 10.4. The molecule has 0 saturated carbocycles. The molecule has 8 heteroatoms. The number of aliphatic hydroxyl groups excluding tert-OH is 2. The lowest BCUT2D eigenvalue weighted by Crippen LogP contribution is -2.40. The molecule has 0 unspecified atom stereocenters. The summed E-state index contributed by atoms with van der Waals surface area (Å²) >= 11 is 6.00. The quantitative estimate of drug-likeness (QED) is 0.607. The van der Waals surface area contributed by atoms with Crippen molar-refractivity contribution in [3.63, 3.8) is 0 Å². The van der Waals surface area contributed by atoms with Gasteiger partial charge in [0.1, 0.15) is 5.75 Å². The van der Waals surface area contributed by atoms with Crippen molar-refractivity contribution in [2.75, 3.05) is 25.6 Å². The molecular formula is C13H17ClN2O5. The highest BCUT2D eigenvalue weighted by atomic mass is 35.5. The van der Waals surface area contributed by atoms with Crippen molar-refractivity contribution in [3.05, 3.63) is 22.7 Å². The third-order valence-electron chi connectivity index (χ3n) is 2.62. The second-order valence-electron chi connectivity index (χ2n) is 4.25. The molecule has 7 nitrogen and oxygen atoms in total. The van der Waals surface area contributed by atoms with E-state index in [-0.39, 0.29) is 22.2 Å². The van der Waals surface area contributed by atoms with E-state index in [1.807, 2.05) is 0 Å². The van der Waals surface area contributed by atoms with Crippen molar-refractivity contribution in [3.8, 4) is 5.75 Å². The number of methoxy groups -OCH3 is 1. The molecule has 0 radical (unpaired) electrons. The molecule has 0 bridgehead atoms. The van der Waals surface area contributed by atoms with E-state index in [0.29, 0.717) is 5.69 Å². The number of hydrogen-bond acceptors (Lipinski definition) is 5. The van der Waals surface area contributed by atoms with Crippen LogP contribution >= 0.6 is 11.6 Å². The van der Waals surface area contributed by atoms with Crippen LogP contribution in [0.4, 0.5) is 5.69 Å². The topological polar surface area (TPSA) is 108 Å². The lowest BCUT2D eigenvalue weighted by molar-refractivity contribution is -0.114. The van der Waals surface area contributed by atoms with Gasteiger partial charge in [0.25, 0.3) is 5.91 Å². The number of carbonyl (C=O) groups excluding carboxylic acids is 2. The minimum atomic E-state index is -0.781. The van der Waals surface area contributed by atoms with Crippen molar-refractivity contribution < 1.29 is 24.5 Å². The maximum atomic E-state index is 12.1. The van der Waals surface area contributed by atoms with Gasteiger partial charge in [0.05, 0.1) is 42.6 Å². The average Bonchev–Trinajstić information content (AvgIpc) is 2.45. The van der Waals surface area contributed by atoms with Gasteiger partial charge in [0, 0.05) is 13.0 Å². The second kappa shape index (κ2) is 7.82. The van der Waals surface area contributed by atoms with Crippen LogP contribution in [0.15, 0.2) is 12.1 Å². The molecule has 0 spiro atoms. The molecule has 1 aromatic carbocycles. The Morgan fingerprint density at radius 2 is 1.95 bits per heavy atom. The van der Waals surface area contributed by atoms with Crippen molar-refractivity contribution in [2.45, 2.75) is 13.0 Å². The molecule has 2 amide bonds. The van der Waals surface area contributed by atoms with Crippen LogP contribution in [0.3, 0.4) is 0 Å². The molecule has 0 aliphatic rings. The smallest absolute Gasteiger partial charge is 0.255 e. The summed E-state index contributed by atoms with van der Waals surface area (Å²) in [6.45, 7) is 0.529. The first-order valence-corrected chi connectivity index (χ1v) is 6.48. The standard InChI is InChI=1S/C13H17ClN2O5/c1-7(19)15-11-4-12(21-2)9(3-10(11)14)13(20)16-8(5-17)6-18/h3-4,8,17-18H,5-6H2,1-2H3,(H,15,19)(H,16,20). The lowest BCUT2D eigenvalue weighted by Gasteiger charge is -2.16. The zero-order valence-corrected chi connectivity index (χ0v) is 12.4. The van der Waals surface area contributed by atoms with Crippen LogP contribution in [-0.4, -0.2) is 48.4 Å². The van der Waals surface area contributed by atoms with Crippen LogP contribution < -0.4 is 15.4 Å². The van der Waals surface area contributed by atoms with Crippen LogP contribution in [0.5, 0.6) is 5.75 Å². The zero-order chi connectivity index (χ0) is 16.0. The first-order valence-electron chi connectivity index (χ1n) is 6.10. The molecule has 0 fully saturated rings. The Kier molecular flexibility index (Phi) is 6.41. The van der Waals surface area contributed by atoms with Gasteiger partial charge in [-0.1, -0.05) is 11.6 Å². The number of ether oxygens (including phenoxy) is 1. The molecule has 0 aliphatic heterocycles. The summed E-state index contributed by atoms with van der Waals surface area (Å²) in [4.78, 5) is 23.1. The van der Waals surface area contributed by atoms with Crippen molar-refractivity contribution in [1.29, 1.82) is 0 Å². The van der Waals surface area contributed by atoms with E-state index in [2.05, 4.69) is 10.6 Å². The summed E-state index contributed by atoms with van der Waals surface area (Å²) in [7, 11) is 1.37. The zero-order valence-electron chi connectivity index (χ0n) is 11.6. The van der Waals surface area contributed by atoms with Gasteiger partial charge >= 0.3 is 0 Å². The van der Waals surface area contributed by atoms with Crippen LogP contribution in [0.25, 0.3) is 0 Å². The molecule has 0 aliphatic carbocycles. The molecule has 0 saturated heterocycles. The largest absolute Gasteiger partial charge is 0.496 e. The van der Waals surface area contributed by atoms with E-state index in [9.17, 15) is 9.59 Å². The summed E-state index contributed by atoms with van der Waals surface area (Å²) in [5.74, 6) is -0.664. The molecule has 116 valence electrons. The molecule has 0 aromatic heterocycles. The van der Waals surface area contributed by atoms with Crippen molar-refractivity contribution in [2.24, 2.45) is 0 Å². The maximum Gasteiger partial charge on any atom is 0.255 e. The Labute approximate surface area is 126 Å². The predicted molar refractivity (Wildman–Crippen MR) is 77.7 cm³/mol. The lowest BCUT2D eigenvalue weighted by atomic mass is 10.1. The fourth-order valence-corrected chi connectivity index (χ4v) is 1.81. The molecular weight excluding hydrogens is 300 g/mol. The van der Waals surface area contributed by atoms with Gasteiger partial charge in [0.2, 0.25) is 5.91 Å². The highest BCUT2D eigenvalue weighted by Gasteiger charge is 2.19. The summed E-state index contributed by atoms with van der Waals surface area (Å²) in [6.07, 6.45) is 0. The van der Waals surface area contributed by atoms with E-state index in [1.165, 1.54) is 26.2 Å². The first kappa shape index (κ1) is 17.2. The van der Waals surface area contributed by atoms with Gasteiger partial charge in [0.15, 0.2) is 0 Å². The third-order valence-corrected chi connectivity index (χ3v) is 2.93. The molecule has 0 heterocycles. The molecule has 4 N–H and O–H groups in total. The Hall–Kier alpha value is -1.83. The number of rotatable bonds is 6. The van der Waals surface area contributed by atoms with Gasteiger partial charge < -0.3 is 25.6 Å². The van der Waals surface area contributed by atoms with E-state index in [4.69, 9.17) is 26.6 Å². The average molecular weight is 317 g/mol. The van der Waals surface area contributed by atoms with Crippen LogP contribution in [0, 0.1) is 0 Å². The fraction of sp³-hybridized carbons (Fsp3) is 0.385. The first-order chi connectivity index (χ1) is 9.92. The number of halogens is 1. The monoisotopic (exact) mass is 316 g/mol. The highest BCUT2D eigenvalue weighted by Crippen LogP contribution is 2.31. The molecule has 1 aromatic rings. The van der Waals surface area contributed by atoms with Crippen molar-refractivity contribution in [1.82, 2.24) is 5.32 Å². The van der Waals surface area contributed by atoms with Gasteiger partial charge in [-0.05, 0) is 6.07 Å². The minimum absolute atomic E-state index is 0.128. The minimum Gasteiger partial charge on any atom is -0.496 e. The summed E-state index contributed by atoms with van der Waals surface area (Å²) in [5.41, 5.74) is 0.446. The van der Waals surface area contributed by atoms with Crippen molar-refractivity contribution >= 4 is 29.1 Å². The molecule has 0 atom stereocenters.